The molecule has 0 saturated heterocycles. The summed E-state index contributed by atoms with van der Waals surface area (Å²) in [6.07, 6.45) is 5.40. The van der Waals surface area contributed by atoms with E-state index in [1.54, 1.807) is 11.3 Å². The molecule has 0 spiro atoms. The second kappa shape index (κ2) is 3.80. The van der Waals surface area contributed by atoms with Gasteiger partial charge in [0, 0.05) is 19.3 Å². The topological polar surface area (TPSA) is 3.24 Å². The summed E-state index contributed by atoms with van der Waals surface area (Å²) in [6.45, 7) is 5.64. The molecule has 0 aromatic carbocycles. The van der Waals surface area contributed by atoms with Gasteiger partial charge in [0.2, 0.25) is 0 Å². The van der Waals surface area contributed by atoms with Crippen molar-refractivity contribution in [2.24, 2.45) is 0 Å². The van der Waals surface area contributed by atoms with E-state index in [0.717, 1.165) is 6.54 Å². The Morgan fingerprint density at radius 2 is 1.91 bits per heavy atom. The van der Waals surface area contributed by atoms with Crippen LogP contribution < -0.4 is 0 Å². The monoisotopic (exact) mass is 153 g/mol. The molecule has 0 bridgehead atoms. The Balaban J connectivity index is 2.65. The summed E-state index contributed by atoms with van der Waals surface area (Å²) >= 11 is 0. The molecule has 0 aliphatic heterocycles. The highest BCUT2D eigenvalue weighted by atomic mass is 15.1. The normalized spacial score (nSPS) is 18.8. The Morgan fingerprint density at radius 3 is 2.45 bits per heavy atom. The molecule has 0 saturated carbocycles. The van der Waals surface area contributed by atoms with Crippen LogP contribution in [0.1, 0.15) is 39.5 Å². The van der Waals surface area contributed by atoms with Gasteiger partial charge < -0.3 is 4.90 Å². The summed E-state index contributed by atoms with van der Waals surface area (Å²) in [7, 11) is 2.20. The molecule has 1 nitrogen and oxygen atoms in total. The van der Waals surface area contributed by atoms with Gasteiger partial charge in [-0.1, -0.05) is 5.57 Å². The van der Waals surface area contributed by atoms with E-state index in [0.29, 0.717) is 0 Å². The van der Waals surface area contributed by atoms with E-state index in [1.807, 2.05) is 0 Å². The number of rotatable bonds is 2. The second-order valence-electron chi connectivity index (χ2n) is 3.45. The largest absolute Gasteiger partial charge is 0.378 e. The SMILES string of the molecule is CCN(C)C1=C(C)CCCC1. The van der Waals surface area contributed by atoms with Gasteiger partial charge in [-0.2, -0.15) is 0 Å². The van der Waals surface area contributed by atoms with Gasteiger partial charge in [0.05, 0.1) is 0 Å². The van der Waals surface area contributed by atoms with Crippen molar-refractivity contribution in [3.63, 3.8) is 0 Å². The fraction of sp³-hybridized carbons (Fsp3) is 0.800. The van der Waals surface area contributed by atoms with E-state index in [-0.39, 0.29) is 0 Å². The summed E-state index contributed by atoms with van der Waals surface area (Å²) in [5.74, 6) is 0. The maximum atomic E-state index is 2.38. The number of hydrogen-bond donors (Lipinski definition) is 0. The predicted molar refractivity (Wildman–Crippen MR) is 49.5 cm³/mol. The third kappa shape index (κ3) is 1.98. The van der Waals surface area contributed by atoms with Gasteiger partial charge in [-0.3, -0.25) is 0 Å². The first kappa shape index (κ1) is 8.63. The number of nitrogens with zero attached hydrogens (tertiary/aromatic N) is 1. The van der Waals surface area contributed by atoms with Crippen molar-refractivity contribution in [2.45, 2.75) is 39.5 Å². The third-order valence-electron chi connectivity index (χ3n) is 2.64. The molecular weight excluding hydrogens is 134 g/mol. The van der Waals surface area contributed by atoms with Crippen LogP contribution in [0.25, 0.3) is 0 Å². The molecule has 0 amide bonds. The Hall–Kier alpha value is -0.460. The standard InChI is InChI=1S/C10H19N/c1-4-11(3)10-8-6-5-7-9(10)2/h4-8H2,1-3H3. The molecule has 11 heavy (non-hydrogen) atoms. The van der Waals surface area contributed by atoms with Crippen LogP contribution in [0, 0.1) is 0 Å². The minimum atomic E-state index is 1.15. The molecule has 1 heteroatoms. The van der Waals surface area contributed by atoms with Crippen LogP contribution in [0.3, 0.4) is 0 Å². The molecule has 0 unspecified atom stereocenters. The van der Waals surface area contributed by atoms with Gasteiger partial charge in [0.25, 0.3) is 0 Å². The average molecular weight is 153 g/mol. The van der Waals surface area contributed by atoms with E-state index in [2.05, 4.69) is 25.8 Å². The van der Waals surface area contributed by atoms with Crippen molar-refractivity contribution in [1.82, 2.24) is 4.90 Å². The molecule has 1 aliphatic rings. The van der Waals surface area contributed by atoms with Crippen molar-refractivity contribution in [1.29, 1.82) is 0 Å². The van der Waals surface area contributed by atoms with Crippen LogP contribution in [0.15, 0.2) is 11.3 Å². The average Bonchev–Trinajstić information content (AvgIpc) is 2.04. The Bertz CT molecular complexity index is 158. The quantitative estimate of drug-likeness (QED) is 0.589. The highest BCUT2D eigenvalue weighted by Crippen LogP contribution is 2.25. The first-order valence-electron chi connectivity index (χ1n) is 4.65. The van der Waals surface area contributed by atoms with E-state index in [1.165, 1.54) is 25.7 Å². The maximum absolute atomic E-state index is 2.38. The van der Waals surface area contributed by atoms with Crippen LogP contribution in [0.2, 0.25) is 0 Å². The smallest absolute Gasteiger partial charge is 0.0143 e. The van der Waals surface area contributed by atoms with Crippen LogP contribution in [-0.2, 0) is 0 Å². The summed E-state index contributed by atoms with van der Waals surface area (Å²) in [5, 5.41) is 0. The van der Waals surface area contributed by atoms with Crippen LogP contribution in [0.4, 0.5) is 0 Å². The summed E-state index contributed by atoms with van der Waals surface area (Å²) in [4.78, 5) is 2.38. The van der Waals surface area contributed by atoms with Gasteiger partial charge in [0.15, 0.2) is 0 Å². The highest BCUT2D eigenvalue weighted by molar-refractivity contribution is 5.13. The number of allylic oxidation sites excluding steroid dienone is 2. The first-order valence-corrected chi connectivity index (χ1v) is 4.65. The zero-order valence-electron chi connectivity index (χ0n) is 7.98. The lowest BCUT2D eigenvalue weighted by atomic mass is 9.97. The van der Waals surface area contributed by atoms with Crippen LogP contribution >= 0.6 is 0 Å². The lowest BCUT2D eigenvalue weighted by Gasteiger charge is -2.26. The molecule has 0 radical (unpaired) electrons. The minimum absolute atomic E-state index is 1.15. The lowest BCUT2D eigenvalue weighted by molar-refractivity contribution is 0.398. The molecule has 0 N–H and O–H groups in total. The molecule has 0 aromatic rings. The summed E-state index contributed by atoms with van der Waals surface area (Å²) < 4.78 is 0. The minimum Gasteiger partial charge on any atom is -0.378 e. The number of hydrogen-bond acceptors (Lipinski definition) is 1. The molecular formula is C10H19N. The fourth-order valence-corrected chi connectivity index (χ4v) is 1.75. The lowest BCUT2D eigenvalue weighted by Crippen LogP contribution is -2.20. The van der Waals surface area contributed by atoms with Crippen molar-refractivity contribution >= 4 is 0 Å². The van der Waals surface area contributed by atoms with Gasteiger partial charge in [-0.25, -0.2) is 0 Å². The van der Waals surface area contributed by atoms with Gasteiger partial charge in [-0.15, -0.1) is 0 Å². The van der Waals surface area contributed by atoms with E-state index in [9.17, 15) is 0 Å². The third-order valence-corrected chi connectivity index (χ3v) is 2.64. The molecule has 64 valence electrons. The summed E-state index contributed by atoms with van der Waals surface area (Å²) in [6, 6.07) is 0. The van der Waals surface area contributed by atoms with E-state index < -0.39 is 0 Å². The Labute approximate surface area is 70.1 Å². The zero-order chi connectivity index (χ0) is 8.27. The van der Waals surface area contributed by atoms with Gasteiger partial charge in [0.1, 0.15) is 0 Å². The Morgan fingerprint density at radius 1 is 1.27 bits per heavy atom. The molecule has 0 atom stereocenters. The van der Waals surface area contributed by atoms with Crippen molar-refractivity contribution in [3.05, 3.63) is 11.3 Å². The highest BCUT2D eigenvalue weighted by Gasteiger charge is 2.11. The predicted octanol–water partition coefficient (Wildman–Crippen LogP) is 2.79. The Kier molecular flexibility index (Phi) is 2.98. The molecule has 0 heterocycles. The van der Waals surface area contributed by atoms with Crippen LogP contribution in [-0.4, -0.2) is 18.5 Å². The second-order valence-corrected chi connectivity index (χ2v) is 3.45. The zero-order valence-corrected chi connectivity index (χ0v) is 7.98. The fourth-order valence-electron chi connectivity index (χ4n) is 1.75. The molecule has 0 fully saturated rings. The van der Waals surface area contributed by atoms with Crippen molar-refractivity contribution in [2.75, 3.05) is 13.6 Å². The van der Waals surface area contributed by atoms with E-state index in [4.69, 9.17) is 0 Å². The van der Waals surface area contributed by atoms with E-state index >= 15 is 0 Å². The molecule has 1 rings (SSSR count). The summed E-state index contributed by atoms with van der Waals surface area (Å²) in [5.41, 5.74) is 3.21. The molecule has 0 aromatic heterocycles. The van der Waals surface area contributed by atoms with Crippen LogP contribution in [0.5, 0.6) is 0 Å². The maximum Gasteiger partial charge on any atom is 0.0143 e. The van der Waals surface area contributed by atoms with Gasteiger partial charge >= 0.3 is 0 Å². The van der Waals surface area contributed by atoms with Crippen molar-refractivity contribution < 1.29 is 0 Å². The van der Waals surface area contributed by atoms with Crippen molar-refractivity contribution in [3.8, 4) is 0 Å². The molecule has 1 aliphatic carbocycles. The first-order chi connectivity index (χ1) is 5.25. The van der Waals surface area contributed by atoms with Gasteiger partial charge in [-0.05, 0) is 39.5 Å².